The van der Waals surface area contributed by atoms with Crippen LogP contribution in [-0.4, -0.2) is 87.5 Å². The van der Waals surface area contributed by atoms with Gasteiger partial charge < -0.3 is 40.3 Å². The number of unbranched alkanes of at least 4 members (excludes halogenated alkanes) is 37. The largest absolute Gasteiger partial charge is 0.394 e. The van der Waals surface area contributed by atoms with E-state index < -0.39 is 49.5 Å². The molecule has 7 atom stereocenters. The standard InChI is InChI=1S/C69H125NO8/c1-3-5-7-9-11-13-15-17-19-21-23-25-27-28-29-30-31-32-33-34-35-36-37-39-41-43-45-47-49-51-53-55-57-59-65(73)70-62(61-77-69-68(76)67(75)66(74)64(60-71)78-69)63(72)58-56-54-52-50-48-46-44-42-40-38-26-24-22-20-18-16-14-12-10-8-6-4-2/h15,17,21,23,27-28,40,42,48,50,56,58,62-64,66-69,71-72,74-76H,3-14,16,18-20,22,24-26,29-39,41,43-47,49,51-55,57,59-61H2,1-2H3,(H,70,73)/b17-15-,23-21-,28-27-,42-40+,50-48+,58-56+. The molecule has 0 bridgehead atoms. The van der Waals surface area contributed by atoms with Crippen LogP contribution in [0.1, 0.15) is 303 Å². The maximum Gasteiger partial charge on any atom is 0.220 e. The Labute approximate surface area is 480 Å². The van der Waals surface area contributed by atoms with Crippen molar-refractivity contribution in [2.45, 2.75) is 346 Å². The SMILES string of the molecule is CCCCCCC/C=C\C/C=C\C/C=C\CCCCCCCCCCCCCCCCCCCCC(=O)NC(COC1OC(CO)C(O)C(O)C1O)C(O)/C=C/CC/C=C/CC/C=C/CCCCCCCCCCCCCC. The van der Waals surface area contributed by atoms with Gasteiger partial charge in [-0.05, 0) is 83.5 Å². The molecule has 0 aromatic carbocycles. The summed E-state index contributed by atoms with van der Waals surface area (Å²) in [5.41, 5.74) is 0. The third kappa shape index (κ3) is 46.3. The third-order valence-electron chi connectivity index (χ3n) is 15.5. The fourth-order valence-corrected chi connectivity index (χ4v) is 10.3. The minimum Gasteiger partial charge on any atom is -0.394 e. The van der Waals surface area contributed by atoms with Crippen molar-refractivity contribution in [1.29, 1.82) is 0 Å². The van der Waals surface area contributed by atoms with Gasteiger partial charge >= 0.3 is 0 Å². The van der Waals surface area contributed by atoms with E-state index in [0.29, 0.717) is 6.42 Å². The zero-order chi connectivity index (χ0) is 56.5. The molecule has 7 unspecified atom stereocenters. The van der Waals surface area contributed by atoms with Gasteiger partial charge in [-0.1, -0.05) is 286 Å². The van der Waals surface area contributed by atoms with Crippen LogP contribution in [0.2, 0.25) is 0 Å². The van der Waals surface area contributed by atoms with E-state index in [1.165, 1.54) is 225 Å². The average molecular weight is 1100 g/mol. The summed E-state index contributed by atoms with van der Waals surface area (Å²) in [5, 5.41) is 54.6. The van der Waals surface area contributed by atoms with Crippen molar-refractivity contribution in [3.63, 3.8) is 0 Å². The Balaban J connectivity index is 2.16. The molecule has 1 rings (SSSR count). The molecular formula is C69H125NO8. The van der Waals surface area contributed by atoms with Gasteiger partial charge in [0, 0.05) is 6.42 Å². The van der Waals surface area contributed by atoms with Crippen molar-refractivity contribution in [2.24, 2.45) is 0 Å². The molecular weight excluding hydrogens is 971 g/mol. The normalized spacial score (nSPS) is 19.1. The molecule has 1 amide bonds. The summed E-state index contributed by atoms with van der Waals surface area (Å²) in [5.74, 6) is -0.188. The minimum absolute atomic E-state index is 0.188. The summed E-state index contributed by atoms with van der Waals surface area (Å²) in [6.45, 7) is 3.77. The van der Waals surface area contributed by atoms with Gasteiger partial charge in [0.15, 0.2) is 6.29 Å². The first-order valence-electron chi connectivity index (χ1n) is 33.2. The number of carbonyl (C=O) groups is 1. The molecule has 9 nitrogen and oxygen atoms in total. The first-order chi connectivity index (χ1) is 38.3. The molecule has 454 valence electrons. The highest BCUT2D eigenvalue weighted by atomic mass is 16.7. The molecule has 6 N–H and O–H groups in total. The Morgan fingerprint density at radius 1 is 0.436 bits per heavy atom. The first-order valence-corrected chi connectivity index (χ1v) is 33.2. The van der Waals surface area contributed by atoms with E-state index in [2.05, 4.69) is 79.9 Å². The van der Waals surface area contributed by atoms with Gasteiger partial charge in [0.05, 0.1) is 25.4 Å². The lowest BCUT2D eigenvalue weighted by atomic mass is 9.99. The Morgan fingerprint density at radius 2 is 0.769 bits per heavy atom. The maximum atomic E-state index is 13.1. The molecule has 0 spiro atoms. The second kappa shape index (κ2) is 57.8. The summed E-state index contributed by atoms with van der Waals surface area (Å²) in [6, 6.07) is -0.831. The van der Waals surface area contributed by atoms with Crippen LogP contribution in [0.5, 0.6) is 0 Å². The van der Waals surface area contributed by atoms with Crippen LogP contribution in [0.4, 0.5) is 0 Å². The van der Waals surface area contributed by atoms with E-state index in [0.717, 1.165) is 57.8 Å². The third-order valence-corrected chi connectivity index (χ3v) is 15.5. The number of allylic oxidation sites excluding steroid dienone is 11. The summed E-state index contributed by atoms with van der Waals surface area (Å²) in [4.78, 5) is 13.1. The lowest BCUT2D eigenvalue weighted by Gasteiger charge is -2.40. The molecule has 9 heteroatoms. The smallest absolute Gasteiger partial charge is 0.220 e. The fraction of sp³-hybridized carbons (Fsp3) is 0.812. The van der Waals surface area contributed by atoms with E-state index in [9.17, 15) is 30.3 Å². The summed E-state index contributed by atoms with van der Waals surface area (Å²) in [6.07, 6.45) is 74.2. The zero-order valence-corrected chi connectivity index (χ0v) is 50.7. The first kappa shape index (κ1) is 73.6. The molecule has 78 heavy (non-hydrogen) atoms. The van der Waals surface area contributed by atoms with E-state index >= 15 is 0 Å². The van der Waals surface area contributed by atoms with Crippen LogP contribution in [-0.2, 0) is 14.3 Å². The lowest BCUT2D eigenvalue weighted by Crippen LogP contribution is -2.60. The molecule has 0 radical (unpaired) electrons. The number of hydrogen-bond acceptors (Lipinski definition) is 8. The minimum atomic E-state index is -1.58. The Morgan fingerprint density at radius 3 is 1.17 bits per heavy atom. The molecule has 1 saturated heterocycles. The number of nitrogens with one attached hydrogen (secondary N) is 1. The van der Waals surface area contributed by atoms with Crippen LogP contribution in [0.25, 0.3) is 0 Å². The Bertz CT molecular complexity index is 1460. The number of hydrogen-bond donors (Lipinski definition) is 6. The topological polar surface area (TPSA) is 149 Å². The quantitative estimate of drug-likeness (QED) is 0.0261. The second-order valence-electron chi connectivity index (χ2n) is 22.9. The van der Waals surface area contributed by atoms with Gasteiger partial charge in [0.1, 0.15) is 24.4 Å². The lowest BCUT2D eigenvalue weighted by molar-refractivity contribution is -0.302. The van der Waals surface area contributed by atoms with E-state index in [1.807, 2.05) is 6.08 Å². The molecule has 0 saturated carbocycles. The highest BCUT2D eigenvalue weighted by Crippen LogP contribution is 2.23. The molecule has 0 aromatic rings. The van der Waals surface area contributed by atoms with E-state index in [1.54, 1.807) is 6.08 Å². The number of ether oxygens (including phenoxy) is 2. The van der Waals surface area contributed by atoms with Crippen LogP contribution in [0, 0.1) is 0 Å². The van der Waals surface area contributed by atoms with Crippen molar-refractivity contribution in [3.8, 4) is 0 Å². The zero-order valence-electron chi connectivity index (χ0n) is 50.7. The molecule has 1 heterocycles. The number of aliphatic hydroxyl groups is 5. The van der Waals surface area contributed by atoms with Gasteiger partial charge in [0.25, 0.3) is 0 Å². The monoisotopic (exact) mass is 1100 g/mol. The van der Waals surface area contributed by atoms with Gasteiger partial charge in [-0.3, -0.25) is 4.79 Å². The molecule has 1 fully saturated rings. The predicted molar refractivity (Wildman–Crippen MR) is 332 cm³/mol. The maximum absolute atomic E-state index is 13.1. The van der Waals surface area contributed by atoms with Gasteiger partial charge in [-0.15, -0.1) is 0 Å². The van der Waals surface area contributed by atoms with Gasteiger partial charge in [-0.25, -0.2) is 0 Å². The van der Waals surface area contributed by atoms with Gasteiger partial charge in [0.2, 0.25) is 5.91 Å². The van der Waals surface area contributed by atoms with Crippen molar-refractivity contribution in [2.75, 3.05) is 13.2 Å². The van der Waals surface area contributed by atoms with Crippen LogP contribution < -0.4 is 5.32 Å². The summed E-state index contributed by atoms with van der Waals surface area (Å²) >= 11 is 0. The van der Waals surface area contributed by atoms with E-state index in [4.69, 9.17) is 9.47 Å². The number of amides is 1. The molecule has 1 aliphatic heterocycles. The number of rotatable bonds is 57. The van der Waals surface area contributed by atoms with E-state index in [-0.39, 0.29) is 12.5 Å². The fourth-order valence-electron chi connectivity index (χ4n) is 10.3. The Hall–Kier alpha value is -2.37. The van der Waals surface area contributed by atoms with Crippen molar-refractivity contribution in [1.82, 2.24) is 5.32 Å². The predicted octanol–water partition coefficient (Wildman–Crippen LogP) is 17.6. The van der Waals surface area contributed by atoms with Crippen molar-refractivity contribution >= 4 is 5.91 Å². The van der Waals surface area contributed by atoms with Crippen molar-refractivity contribution < 1.29 is 39.8 Å². The average Bonchev–Trinajstić information content (AvgIpc) is 3.45. The summed E-state index contributed by atoms with van der Waals surface area (Å²) in [7, 11) is 0. The molecule has 1 aliphatic rings. The molecule has 0 aromatic heterocycles. The van der Waals surface area contributed by atoms with Crippen LogP contribution in [0.15, 0.2) is 72.9 Å². The van der Waals surface area contributed by atoms with Crippen molar-refractivity contribution in [3.05, 3.63) is 72.9 Å². The number of carbonyl (C=O) groups excluding carboxylic acids is 1. The van der Waals surface area contributed by atoms with Crippen LogP contribution >= 0.6 is 0 Å². The van der Waals surface area contributed by atoms with Crippen LogP contribution in [0.3, 0.4) is 0 Å². The van der Waals surface area contributed by atoms with Gasteiger partial charge in [-0.2, -0.15) is 0 Å². The highest BCUT2D eigenvalue weighted by molar-refractivity contribution is 5.76. The second-order valence-corrected chi connectivity index (χ2v) is 22.9. The summed E-state index contributed by atoms with van der Waals surface area (Å²) < 4.78 is 11.3. The molecule has 0 aliphatic carbocycles. The highest BCUT2D eigenvalue weighted by Gasteiger charge is 2.44. The Kier molecular flexibility index (Phi) is 54.6. The number of aliphatic hydroxyl groups excluding tert-OH is 5.